The molecule has 186 valence electrons. The maximum atomic E-state index is 14.0. The van der Waals surface area contributed by atoms with Crippen LogP contribution in [0.4, 0.5) is 17.1 Å². The number of fused-ring (bicyclic) bond motifs is 2. The Morgan fingerprint density at radius 3 is 2.22 bits per heavy atom. The topological polar surface area (TPSA) is 49.4 Å². The molecular formula is C29H22Cl2N2O2S2. The summed E-state index contributed by atoms with van der Waals surface area (Å²) in [6, 6.07) is 28.2. The number of anilines is 3. The Morgan fingerprint density at radius 1 is 0.892 bits per heavy atom. The highest BCUT2D eigenvalue weighted by Gasteiger charge is 2.32. The van der Waals surface area contributed by atoms with Crippen molar-refractivity contribution in [2.45, 2.75) is 33.3 Å². The van der Waals surface area contributed by atoms with E-state index in [2.05, 4.69) is 5.32 Å². The summed E-state index contributed by atoms with van der Waals surface area (Å²) in [5.41, 5.74) is 2.76. The molecule has 1 unspecified atom stereocenters. The molecule has 1 atom stereocenters. The lowest BCUT2D eigenvalue weighted by Crippen LogP contribution is -2.35. The zero-order valence-corrected chi connectivity index (χ0v) is 22.9. The third kappa shape index (κ3) is 5.53. The van der Waals surface area contributed by atoms with Crippen molar-refractivity contribution in [1.29, 1.82) is 0 Å². The average Bonchev–Trinajstić information content (AvgIpc) is 2.90. The van der Waals surface area contributed by atoms with E-state index in [0.29, 0.717) is 22.7 Å². The second-order valence-corrected chi connectivity index (χ2v) is 11.5. The fourth-order valence-electron chi connectivity index (χ4n) is 4.08. The van der Waals surface area contributed by atoms with Gasteiger partial charge in [-0.1, -0.05) is 72.2 Å². The molecule has 4 nitrogen and oxygen atoms in total. The first kappa shape index (κ1) is 25.7. The van der Waals surface area contributed by atoms with E-state index in [-0.39, 0.29) is 22.1 Å². The summed E-state index contributed by atoms with van der Waals surface area (Å²) in [7, 11) is 0. The minimum Gasteiger partial charge on any atom is -0.322 e. The van der Waals surface area contributed by atoms with E-state index in [1.807, 2.05) is 84.6 Å². The lowest BCUT2D eigenvalue weighted by Gasteiger charge is -2.33. The van der Waals surface area contributed by atoms with Crippen molar-refractivity contribution in [2.24, 2.45) is 0 Å². The molecule has 0 saturated heterocycles. The van der Waals surface area contributed by atoms with Crippen LogP contribution in [0.2, 0.25) is 10.0 Å². The predicted octanol–water partition coefficient (Wildman–Crippen LogP) is 8.95. The van der Waals surface area contributed by atoms with Crippen molar-refractivity contribution in [3.8, 4) is 0 Å². The van der Waals surface area contributed by atoms with Crippen LogP contribution < -0.4 is 10.2 Å². The van der Waals surface area contributed by atoms with Crippen molar-refractivity contribution in [3.63, 3.8) is 0 Å². The monoisotopic (exact) mass is 564 g/mol. The molecule has 0 spiro atoms. The number of nitrogens with zero attached hydrogens (tertiary/aromatic N) is 1. The summed E-state index contributed by atoms with van der Waals surface area (Å²) < 4.78 is 0. The summed E-state index contributed by atoms with van der Waals surface area (Å²) in [6.07, 6.45) is 0.647. The molecule has 2 amide bonds. The molecule has 4 aromatic carbocycles. The minimum absolute atomic E-state index is 0.0232. The molecule has 37 heavy (non-hydrogen) atoms. The van der Waals surface area contributed by atoms with Crippen LogP contribution in [0.15, 0.2) is 106 Å². The Kier molecular flexibility index (Phi) is 7.81. The number of amides is 2. The molecule has 0 aromatic heterocycles. The van der Waals surface area contributed by atoms with E-state index in [1.165, 1.54) is 17.8 Å². The summed E-state index contributed by atoms with van der Waals surface area (Å²) >= 11 is 15.3. The predicted molar refractivity (Wildman–Crippen MR) is 155 cm³/mol. The molecule has 0 saturated carbocycles. The van der Waals surface area contributed by atoms with E-state index in [9.17, 15) is 9.59 Å². The van der Waals surface area contributed by atoms with Crippen LogP contribution in [0.5, 0.6) is 0 Å². The Labute approximate surface area is 234 Å². The molecule has 4 aromatic rings. The number of rotatable bonds is 6. The molecule has 1 aliphatic rings. The highest BCUT2D eigenvalue weighted by atomic mass is 35.5. The lowest BCUT2D eigenvalue weighted by molar-refractivity contribution is -0.117. The van der Waals surface area contributed by atoms with Gasteiger partial charge in [0.1, 0.15) is 0 Å². The highest BCUT2D eigenvalue weighted by molar-refractivity contribution is 8.00. The Bertz CT molecular complexity index is 1450. The van der Waals surface area contributed by atoms with Gasteiger partial charge in [0.15, 0.2) is 0 Å². The normalized spacial score (nSPS) is 12.9. The van der Waals surface area contributed by atoms with Gasteiger partial charge in [-0.15, -0.1) is 11.8 Å². The van der Waals surface area contributed by atoms with Gasteiger partial charge in [-0.25, -0.2) is 0 Å². The molecular weight excluding hydrogens is 543 g/mol. The van der Waals surface area contributed by atoms with Crippen LogP contribution in [0.3, 0.4) is 0 Å². The van der Waals surface area contributed by atoms with Gasteiger partial charge >= 0.3 is 0 Å². The van der Waals surface area contributed by atoms with Gasteiger partial charge in [-0.2, -0.15) is 0 Å². The minimum atomic E-state index is -0.328. The lowest BCUT2D eigenvalue weighted by atomic mass is 10.2. The van der Waals surface area contributed by atoms with Crippen molar-refractivity contribution in [3.05, 3.63) is 107 Å². The zero-order chi connectivity index (χ0) is 25.9. The van der Waals surface area contributed by atoms with Gasteiger partial charge in [0, 0.05) is 25.4 Å². The second kappa shape index (κ2) is 11.2. The van der Waals surface area contributed by atoms with Gasteiger partial charge in [0.2, 0.25) is 5.91 Å². The number of benzene rings is 4. The van der Waals surface area contributed by atoms with Crippen LogP contribution in [0, 0.1) is 0 Å². The third-order valence-corrected chi connectivity index (χ3v) is 8.87. The molecule has 1 aliphatic heterocycles. The summed E-state index contributed by atoms with van der Waals surface area (Å²) in [5, 5.41) is 3.32. The van der Waals surface area contributed by atoms with Crippen LogP contribution in [-0.4, -0.2) is 17.1 Å². The maximum absolute atomic E-state index is 14.0. The third-order valence-electron chi connectivity index (χ3n) is 5.84. The molecule has 5 rings (SSSR count). The number of hydrogen-bond acceptors (Lipinski definition) is 4. The first-order valence-corrected chi connectivity index (χ1v) is 14.1. The molecule has 1 N–H and O–H groups in total. The standard InChI is InChI=1S/C29H22Cl2N2O2S2/c1-2-25(29(35)33-23-10-3-5-12-26(23)37-27-13-6-4-11-24(27)33)36-20-9-7-8-19(17-20)32-28(34)21-15-14-18(30)16-22(21)31/h3-17,25H,2H2,1H3,(H,32,34). The molecule has 8 heteroatoms. The van der Waals surface area contributed by atoms with Crippen molar-refractivity contribution < 1.29 is 9.59 Å². The van der Waals surface area contributed by atoms with E-state index in [1.54, 1.807) is 23.9 Å². The van der Waals surface area contributed by atoms with Crippen LogP contribution in [0.25, 0.3) is 0 Å². The molecule has 0 bridgehead atoms. The maximum Gasteiger partial charge on any atom is 0.257 e. The second-order valence-electron chi connectivity index (χ2n) is 8.33. The van der Waals surface area contributed by atoms with E-state index < -0.39 is 0 Å². The first-order valence-electron chi connectivity index (χ1n) is 11.7. The molecule has 1 heterocycles. The zero-order valence-electron chi connectivity index (χ0n) is 19.8. The van der Waals surface area contributed by atoms with E-state index in [4.69, 9.17) is 23.2 Å². The van der Waals surface area contributed by atoms with Gasteiger partial charge in [0.25, 0.3) is 5.91 Å². The molecule has 0 radical (unpaired) electrons. The van der Waals surface area contributed by atoms with Crippen molar-refractivity contribution in [1.82, 2.24) is 0 Å². The summed E-state index contributed by atoms with van der Waals surface area (Å²) in [5.74, 6) is -0.305. The quantitative estimate of drug-likeness (QED) is 0.237. The first-order chi connectivity index (χ1) is 17.9. The van der Waals surface area contributed by atoms with Gasteiger partial charge in [0.05, 0.1) is 27.2 Å². The SMILES string of the molecule is CCC(Sc1cccc(NC(=O)c2ccc(Cl)cc2Cl)c1)C(=O)N1c2ccccc2Sc2ccccc21. The van der Waals surface area contributed by atoms with Gasteiger partial charge < -0.3 is 5.32 Å². The average molecular weight is 566 g/mol. The number of carbonyl (C=O) groups excluding carboxylic acids is 2. The number of hydrogen-bond donors (Lipinski definition) is 1. The Hall–Kier alpha value is -2.90. The molecule has 0 aliphatic carbocycles. The smallest absolute Gasteiger partial charge is 0.257 e. The van der Waals surface area contributed by atoms with Crippen molar-refractivity contribution in [2.75, 3.05) is 10.2 Å². The van der Waals surface area contributed by atoms with Gasteiger partial charge in [-0.05, 0) is 67.1 Å². The van der Waals surface area contributed by atoms with Gasteiger partial charge in [-0.3, -0.25) is 14.5 Å². The Balaban J connectivity index is 1.38. The number of thioether (sulfide) groups is 1. The molecule has 0 fully saturated rings. The van der Waals surface area contributed by atoms with E-state index in [0.717, 1.165) is 26.1 Å². The number of halogens is 2. The van der Waals surface area contributed by atoms with Crippen LogP contribution >= 0.6 is 46.7 Å². The van der Waals surface area contributed by atoms with E-state index >= 15 is 0 Å². The number of nitrogens with one attached hydrogen (secondary N) is 1. The van der Waals surface area contributed by atoms with Crippen molar-refractivity contribution >= 4 is 75.6 Å². The highest BCUT2D eigenvalue weighted by Crippen LogP contribution is 2.48. The van der Waals surface area contributed by atoms with Crippen LogP contribution in [-0.2, 0) is 4.79 Å². The summed E-state index contributed by atoms with van der Waals surface area (Å²) in [6.45, 7) is 2.01. The largest absolute Gasteiger partial charge is 0.322 e. The number of carbonyl (C=O) groups is 2. The number of para-hydroxylation sites is 2. The fraction of sp³-hybridized carbons (Fsp3) is 0.103. The fourth-order valence-corrected chi connectivity index (χ4v) is 6.68. The summed E-state index contributed by atoms with van der Waals surface area (Å²) in [4.78, 5) is 31.6. The Morgan fingerprint density at radius 2 is 1.57 bits per heavy atom. The van der Waals surface area contributed by atoms with Crippen LogP contribution in [0.1, 0.15) is 23.7 Å².